The molecule has 0 aromatic carbocycles. The van der Waals surface area contributed by atoms with Gasteiger partial charge in [0.15, 0.2) is 5.15 Å². The first kappa shape index (κ1) is 11.5. The number of nitrogens with two attached hydrogens (primary N) is 1. The third kappa shape index (κ3) is 2.11. The summed E-state index contributed by atoms with van der Waals surface area (Å²) in [5.74, 6) is 1.86. The van der Waals surface area contributed by atoms with Gasteiger partial charge >= 0.3 is 0 Å². The van der Waals surface area contributed by atoms with Gasteiger partial charge < -0.3 is 10.3 Å². The van der Waals surface area contributed by atoms with Gasteiger partial charge in [-0.15, -0.1) is 0 Å². The SMILES string of the molecule is NC1CCn2c(C3CCCCC3)nc(Cl)c2C1. The molecule has 94 valence electrons. The minimum atomic E-state index is 0.260. The van der Waals surface area contributed by atoms with E-state index in [1.807, 2.05) is 0 Å². The normalized spacial score (nSPS) is 25.9. The number of aromatic nitrogens is 2. The van der Waals surface area contributed by atoms with Crippen LogP contribution in [0.2, 0.25) is 5.15 Å². The number of hydrogen-bond donors (Lipinski definition) is 1. The summed E-state index contributed by atoms with van der Waals surface area (Å²) < 4.78 is 2.35. The highest BCUT2D eigenvalue weighted by atomic mass is 35.5. The van der Waals surface area contributed by atoms with Crippen molar-refractivity contribution in [1.82, 2.24) is 9.55 Å². The number of fused-ring (bicyclic) bond motifs is 1. The Morgan fingerprint density at radius 3 is 2.71 bits per heavy atom. The molecule has 1 atom stereocenters. The van der Waals surface area contributed by atoms with Crippen LogP contribution in [0.15, 0.2) is 0 Å². The van der Waals surface area contributed by atoms with Crippen LogP contribution in [-0.2, 0) is 13.0 Å². The van der Waals surface area contributed by atoms with E-state index in [0.29, 0.717) is 11.1 Å². The summed E-state index contributed by atoms with van der Waals surface area (Å²) in [6.07, 6.45) is 8.55. The van der Waals surface area contributed by atoms with Gasteiger partial charge in [-0.05, 0) is 19.3 Å². The second kappa shape index (κ2) is 4.62. The summed E-state index contributed by atoms with van der Waals surface area (Å²) in [5, 5.41) is 0.695. The molecule has 1 saturated carbocycles. The molecule has 3 rings (SSSR count). The Bertz CT molecular complexity index is 407. The van der Waals surface area contributed by atoms with Crippen molar-refractivity contribution in [2.45, 2.75) is 63.5 Å². The molecule has 1 fully saturated rings. The van der Waals surface area contributed by atoms with Gasteiger partial charge in [0.25, 0.3) is 0 Å². The van der Waals surface area contributed by atoms with Crippen molar-refractivity contribution >= 4 is 11.6 Å². The second-order valence-corrected chi connectivity index (χ2v) is 5.80. The van der Waals surface area contributed by atoms with Crippen molar-refractivity contribution < 1.29 is 0 Å². The van der Waals surface area contributed by atoms with E-state index >= 15 is 0 Å². The minimum Gasteiger partial charge on any atom is -0.330 e. The summed E-state index contributed by atoms with van der Waals surface area (Å²) in [7, 11) is 0. The van der Waals surface area contributed by atoms with Gasteiger partial charge in [-0.25, -0.2) is 4.98 Å². The van der Waals surface area contributed by atoms with Crippen molar-refractivity contribution in [3.8, 4) is 0 Å². The van der Waals surface area contributed by atoms with E-state index in [1.54, 1.807) is 0 Å². The standard InChI is InChI=1S/C13H20ClN3/c14-12-11-8-10(15)6-7-17(11)13(16-12)9-4-2-1-3-5-9/h9-10H,1-8,15H2. The zero-order valence-electron chi connectivity index (χ0n) is 10.2. The smallest absolute Gasteiger partial charge is 0.150 e. The number of nitrogens with zero attached hydrogens (tertiary/aromatic N) is 2. The van der Waals surface area contributed by atoms with Crippen molar-refractivity contribution in [1.29, 1.82) is 0 Å². The van der Waals surface area contributed by atoms with Crippen LogP contribution in [-0.4, -0.2) is 15.6 Å². The fraction of sp³-hybridized carbons (Fsp3) is 0.769. The number of imidazole rings is 1. The van der Waals surface area contributed by atoms with E-state index in [9.17, 15) is 0 Å². The second-order valence-electron chi connectivity index (χ2n) is 5.45. The molecule has 2 N–H and O–H groups in total. The van der Waals surface area contributed by atoms with Gasteiger partial charge in [-0.1, -0.05) is 30.9 Å². The van der Waals surface area contributed by atoms with E-state index in [2.05, 4.69) is 9.55 Å². The number of rotatable bonds is 1. The van der Waals surface area contributed by atoms with E-state index in [-0.39, 0.29) is 6.04 Å². The maximum atomic E-state index is 6.26. The zero-order chi connectivity index (χ0) is 11.8. The summed E-state index contributed by atoms with van der Waals surface area (Å²) in [6.45, 7) is 1.00. The van der Waals surface area contributed by atoms with Crippen LogP contribution in [0.25, 0.3) is 0 Å². The van der Waals surface area contributed by atoms with Gasteiger partial charge in [0, 0.05) is 24.9 Å². The summed E-state index contributed by atoms with van der Waals surface area (Å²) in [4.78, 5) is 4.62. The topological polar surface area (TPSA) is 43.8 Å². The Balaban J connectivity index is 1.92. The van der Waals surface area contributed by atoms with Crippen molar-refractivity contribution in [2.75, 3.05) is 0 Å². The Morgan fingerprint density at radius 1 is 1.18 bits per heavy atom. The first-order valence-corrected chi connectivity index (χ1v) is 7.14. The van der Waals surface area contributed by atoms with Crippen molar-refractivity contribution in [3.05, 3.63) is 16.7 Å². The third-order valence-corrected chi connectivity index (χ3v) is 4.51. The fourth-order valence-electron chi connectivity index (χ4n) is 3.24. The van der Waals surface area contributed by atoms with Crippen LogP contribution < -0.4 is 5.73 Å². The van der Waals surface area contributed by atoms with Crippen molar-refractivity contribution in [3.63, 3.8) is 0 Å². The molecular weight excluding hydrogens is 234 g/mol. The molecule has 4 heteroatoms. The molecule has 1 aromatic rings. The van der Waals surface area contributed by atoms with Gasteiger partial charge in [0.05, 0.1) is 5.69 Å². The number of halogens is 1. The van der Waals surface area contributed by atoms with Crippen LogP contribution in [0, 0.1) is 0 Å². The highest BCUT2D eigenvalue weighted by Crippen LogP contribution is 2.35. The lowest BCUT2D eigenvalue weighted by Crippen LogP contribution is -2.31. The molecule has 0 saturated heterocycles. The Kier molecular flexibility index (Phi) is 3.14. The lowest BCUT2D eigenvalue weighted by Gasteiger charge is -2.26. The highest BCUT2D eigenvalue weighted by Gasteiger charge is 2.27. The summed E-state index contributed by atoms with van der Waals surface area (Å²) in [5.41, 5.74) is 7.18. The quantitative estimate of drug-likeness (QED) is 0.837. The van der Waals surface area contributed by atoms with Crippen LogP contribution in [0.3, 0.4) is 0 Å². The van der Waals surface area contributed by atoms with E-state index < -0.39 is 0 Å². The first-order valence-electron chi connectivity index (χ1n) is 6.76. The fourth-order valence-corrected chi connectivity index (χ4v) is 3.50. The van der Waals surface area contributed by atoms with Crippen molar-refractivity contribution in [2.24, 2.45) is 5.73 Å². The molecule has 0 bridgehead atoms. The monoisotopic (exact) mass is 253 g/mol. The van der Waals surface area contributed by atoms with Crippen LogP contribution in [0.5, 0.6) is 0 Å². The van der Waals surface area contributed by atoms with Crippen LogP contribution in [0.4, 0.5) is 0 Å². The highest BCUT2D eigenvalue weighted by molar-refractivity contribution is 6.30. The first-order chi connectivity index (χ1) is 8.25. The Morgan fingerprint density at radius 2 is 1.94 bits per heavy atom. The van der Waals surface area contributed by atoms with Crippen LogP contribution in [0.1, 0.15) is 56.0 Å². The maximum absolute atomic E-state index is 6.26. The predicted molar refractivity (Wildman–Crippen MR) is 69.4 cm³/mol. The van der Waals surface area contributed by atoms with Gasteiger partial charge in [-0.3, -0.25) is 0 Å². The average Bonchev–Trinajstić information content (AvgIpc) is 2.68. The van der Waals surface area contributed by atoms with Gasteiger partial charge in [0.2, 0.25) is 0 Å². The van der Waals surface area contributed by atoms with Gasteiger partial charge in [0.1, 0.15) is 5.82 Å². The Labute approximate surface area is 107 Å². The molecule has 1 aromatic heterocycles. The van der Waals surface area contributed by atoms with E-state index in [0.717, 1.165) is 19.4 Å². The molecule has 0 radical (unpaired) electrons. The van der Waals surface area contributed by atoms with Crippen LogP contribution >= 0.6 is 11.6 Å². The predicted octanol–water partition coefficient (Wildman–Crippen LogP) is 2.86. The molecule has 17 heavy (non-hydrogen) atoms. The van der Waals surface area contributed by atoms with E-state index in [4.69, 9.17) is 17.3 Å². The Hall–Kier alpha value is -0.540. The largest absolute Gasteiger partial charge is 0.330 e. The molecule has 0 amide bonds. The number of hydrogen-bond acceptors (Lipinski definition) is 2. The third-order valence-electron chi connectivity index (χ3n) is 4.20. The molecule has 2 heterocycles. The minimum absolute atomic E-state index is 0.260. The molecule has 1 aliphatic heterocycles. The lowest BCUT2D eigenvalue weighted by atomic mass is 9.88. The van der Waals surface area contributed by atoms with E-state index in [1.165, 1.54) is 43.6 Å². The molecule has 1 aliphatic carbocycles. The molecule has 0 spiro atoms. The lowest BCUT2D eigenvalue weighted by molar-refractivity contribution is 0.393. The molecular formula is C13H20ClN3. The molecule has 2 aliphatic rings. The zero-order valence-corrected chi connectivity index (χ0v) is 10.9. The summed E-state index contributed by atoms with van der Waals surface area (Å²) in [6, 6.07) is 0.260. The maximum Gasteiger partial charge on any atom is 0.150 e. The summed E-state index contributed by atoms with van der Waals surface area (Å²) >= 11 is 6.26. The van der Waals surface area contributed by atoms with Gasteiger partial charge in [-0.2, -0.15) is 0 Å². The average molecular weight is 254 g/mol. The molecule has 1 unspecified atom stereocenters. The molecule has 3 nitrogen and oxygen atoms in total.